The molecule has 0 spiro atoms. The highest BCUT2D eigenvalue weighted by atomic mass is 35.5. The van der Waals surface area contributed by atoms with Crippen LogP contribution in [0.5, 0.6) is 5.75 Å². The molecule has 0 bridgehead atoms. The number of benzene rings is 1. The van der Waals surface area contributed by atoms with E-state index in [1.54, 1.807) is 0 Å². The van der Waals surface area contributed by atoms with Crippen molar-refractivity contribution in [2.75, 3.05) is 11.4 Å². The van der Waals surface area contributed by atoms with Crippen molar-refractivity contribution in [2.45, 2.75) is 44.9 Å². The van der Waals surface area contributed by atoms with Gasteiger partial charge in [0.25, 0.3) is 0 Å². The fraction of sp³-hybridized carbons (Fsp3) is 0.321. The minimum Gasteiger partial charge on any atom is -0.490 e. The molecule has 0 radical (unpaired) electrons. The van der Waals surface area contributed by atoms with E-state index < -0.39 is 0 Å². The topological polar surface area (TPSA) is 65.9 Å². The van der Waals surface area contributed by atoms with E-state index in [0.29, 0.717) is 19.0 Å². The summed E-state index contributed by atoms with van der Waals surface area (Å²) in [6.07, 6.45) is 10.2. The lowest BCUT2D eigenvalue weighted by atomic mass is 9.81. The summed E-state index contributed by atoms with van der Waals surface area (Å²) < 4.78 is 6.25. The maximum absolute atomic E-state index is 7.02. The molecule has 1 saturated carbocycles. The predicted octanol–water partition coefficient (Wildman–Crippen LogP) is 5.04. The van der Waals surface area contributed by atoms with Gasteiger partial charge in [0.15, 0.2) is 0 Å². The van der Waals surface area contributed by atoms with Gasteiger partial charge in [-0.15, -0.1) is 0 Å². The number of azo groups is 1. The second kappa shape index (κ2) is 9.70. The molecular formula is C28H28ClN5O. The quantitative estimate of drug-likeness (QED) is 0.550. The number of fused-ring (bicyclic) bond motifs is 3. The van der Waals surface area contributed by atoms with Gasteiger partial charge < -0.3 is 14.6 Å². The summed E-state index contributed by atoms with van der Waals surface area (Å²) in [5.41, 5.74) is 4.61. The molecule has 2 aliphatic heterocycles. The van der Waals surface area contributed by atoms with Crippen LogP contribution in [-0.2, 0) is 13.1 Å². The maximum atomic E-state index is 7.02. The average molecular weight is 486 g/mol. The van der Waals surface area contributed by atoms with Gasteiger partial charge in [0, 0.05) is 23.3 Å². The summed E-state index contributed by atoms with van der Waals surface area (Å²) in [6.45, 7) is 2.00. The Morgan fingerprint density at radius 2 is 1.86 bits per heavy atom. The number of halogens is 1. The van der Waals surface area contributed by atoms with Crippen LogP contribution in [0.25, 0.3) is 11.8 Å². The molecule has 1 N–H and O–H groups in total. The summed E-state index contributed by atoms with van der Waals surface area (Å²) in [5.74, 6) is 1.32. The Bertz CT molecular complexity index is 1370. The van der Waals surface area contributed by atoms with Crippen molar-refractivity contribution in [3.05, 3.63) is 87.8 Å². The summed E-state index contributed by atoms with van der Waals surface area (Å²) in [4.78, 5) is 10.6. The fourth-order valence-corrected chi connectivity index (χ4v) is 5.79. The van der Waals surface area contributed by atoms with Crippen LogP contribution < -0.4 is 20.3 Å². The monoisotopic (exact) mass is 485 g/mol. The highest BCUT2D eigenvalue weighted by Gasteiger charge is 2.31. The number of aromatic nitrogens is 2. The molecule has 1 aromatic carbocycles. The number of hydrogen-bond donors (Lipinski definition) is 1. The van der Waals surface area contributed by atoms with Crippen molar-refractivity contribution in [2.24, 2.45) is 16.1 Å². The Labute approximate surface area is 209 Å². The van der Waals surface area contributed by atoms with E-state index in [1.165, 1.54) is 16.8 Å². The Hall–Kier alpha value is -3.38. The summed E-state index contributed by atoms with van der Waals surface area (Å²) >= 11 is 7.02. The second-order valence-corrected chi connectivity index (χ2v) is 9.76. The molecule has 4 heterocycles. The minimum atomic E-state index is 0.241. The molecule has 2 aromatic heterocycles. The number of nitrogens with one attached hydrogen (secondary N) is 1. The third-order valence-electron chi connectivity index (χ3n) is 7.15. The van der Waals surface area contributed by atoms with E-state index in [0.717, 1.165) is 59.4 Å². The zero-order valence-corrected chi connectivity index (χ0v) is 20.3. The number of pyridine rings is 1. The van der Waals surface area contributed by atoms with Crippen LogP contribution in [0, 0.1) is 5.92 Å². The van der Waals surface area contributed by atoms with Crippen LogP contribution in [0.15, 0.2) is 76.1 Å². The van der Waals surface area contributed by atoms with Crippen LogP contribution in [0.3, 0.4) is 0 Å². The van der Waals surface area contributed by atoms with E-state index in [-0.39, 0.29) is 6.10 Å². The standard InChI is InChI=1S/C28H28ClN5O/c29-24-13-15-34(18-20-6-4-5-14-30-20)28-23-16-31-32-17-25(23)33-27(28)26(24)19-9-11-22(12-10-19)35-21-7-2-1-3-8-21/h1-8,13-14,17,19,22,33H,9-12,15-16,18H2/t19-,22-. The van der Waals surface area contributed by atoms with Crippen LogP contribution in [0.1, 0.15) is 36.9 Å². The lowest BCUT2D eigenvalue weighted by Crippen LogP contribution is -2.30. The Balaban J connectivity index is 1.35. The third kappa shape index (κ3) is 4.50. The smallest absolute Gasteiger partial charge is 0.119 e. The molecule has 0 amide bonds. The largest absolute Gasteiger partial charge is 0.490 e. The van der Waals surface area contributed by atoms with Crippen LogP contribution in [0.2, 0.25) is 0 Å². The van der Waals surface area contributed by atoms with Crippen molar-refractivity contribution in [3.8, 4) is 5.75 Å². The Morgan fingerprint density at radius 3 is 2.66 bits per heavy atom. The first-order valence-corrected chi connectivity index (χ1v) is 12.7. The van der Waals surface area contributed by atoms with Crippen LogP contribution in [0.4, 0.5) is 5.69 Å². The number of nitrogens with zero attached hydrogens (tertiary/aromatic N) is 4. The molecule has 1 aliphatic carbocycles. The summed E-state index contributed by atoms with van der Waals surface area (Å²) in [5, 5.41) is 11.5. The highest BCUT2D eigenvalue weighted by Crippen LogP contribution is 2.38. The normalized spacial score (nSPS) is 21.5. The molecule has 3 aliphatic rings. The van der Waals surface area contributed by atoms with Gasteiger partial charge in [-0.2, -0.15) is 10.2 Å². The van der Waals surface area contributed by atoms with Gasteiger partial charge in [0.2, 0.25) is 0 Å². The fourth-order valence-electron chi connectivity index (χ4n) is 5.47. The van der Waals surface area contributed by atoms with Gasteiger partial charge in [-0.05, 0) is 67.5 Å². The maximum Gasteiger partial charge on any atom is 0.119 e. The van der Waals surface area contributed by atoms with Crippen molar-refractivity contribution in [3.63, 3.8) is 0 Å². The minimum absolute atomic E-state index is 0.241. The van der Waals surface area contributed by atoms with E-state index in [4.69, 9.17) is 16.3 Å². The highest BCUT2D eigenvalue weighted by molar-refractivity contribution is 6.36. The number of aromatic amines is 1. The molecule has 0 unspecified atom stereocenters. The number of ether oxygens (including phenoxy) is 1. The van der Waals surface area contributed by atoms with Gasteiger partial charge in [0.1, 0.15) is 5.75 Å². The lowest BCUT2D eigenvalue weighted by Gasteiger charge is -2.30. The molecule has 35 heavy (non-hydrogen) atoms. The van der Waals surface area contributed by atoms with E-state index >= 15 is 0 Å². The Kier molecular flexibility index (Phi) is 6.13. The van der Waals surface area contributed by atoms with Crippen molar-refractivity contribution in [1.29, 1.82) is 0 Å². The third-order valence-corrected chi connectivity index (χ3v) is 7.50. The molecule has 1 fully saturated rings. The average Bonchev–Trinajstić information content (AvgIpc) is 3.21. The van der Waals surface area contributed by atoms with Crippen molar-refractivity contribution >= 4 is 29.1 Å². The number of hydrogen-bond acceptors (Lipinski definition) is 5. The van der Waals surface area contributed by atoms with Gasteiger partial charge in [0.05, 0.1) is 47.5 Å². The first-order valence-electron chi connectivity index (χ1n) is 12.3. The molecule has 6 rings (SSSR count). The molecular weight excluding hydrogens is 458 g/mol. The summed E-state index contributed by atoms with van der Waals surface area (Å²) in [6, 6.07) is 16.2. The Morgan fingerprint density at radius 1 is 1.03 bits per heavy atom. The number of para-hydroxylation sites is 1. The van der Waals surface area contributed by atoms with E-state index in [1.807, 2.05) is 54.9 Å². The molecule has 6 nitrogen and oxygen atoms in total. The van der Waals surface area contributed by atoms with Crippen LogP contribution in [-0.4, -0.2) is 22.6 Å². The number of allylic oxidation sites excluding steroid dienone is 1. The van der Waals surface area contributed by atoms with E-state index in [2.05, 4.69) is 37.2 Å². The van der Waals surface area contributed by atoms with Crippen LogP contribution >= 0.6 is 11.6 Å². The molecule has 3 aromatic rings. The lowest BCUT2D eigenvalue weighted by molar-refractivity contribution is 0.143. The SMILES string of the molecule is ClC1=CCN(Cc2ccccn2)c2c3c([nH]c2=C1[C@H]1CC[C@H](Oc2ccccc2)CC1)=CN=NC3. The first-order chi connectivity index (χ1) is 17.3. The predicted molar refractivity (Wildman–Crippen MR) is 139 cm³/mol. The zero-order valence-electron chi connectivity index (χ0n) is 19.5. The van der Waals surface area contributed by atoms with Gasteiger partial charge >= 0.3 is 0 Å². The molecule has 0 atom stereocenters. The number of H-pyrrole nitrogens is 1. The first kappa shape index (κ1) is 22.1. The number of rotatable bonds is 5. The second-order valence-electron chi connectivity index (χ2n) is 9.36. The van der Waals surface area contributed by atoms with E-state index in [9.17, 15) is 0 Å². The molecule has 7 heteroatoms. The molecule has 178 valence electrons. The van der Waals surface area contributed by atoms with Gasteiger partial charge in [-0.1, -0.05) is 35.9 Å². The van der Waals surface area contributed by atoms with Gasteiger partial charge in [-0.25, -0.2) is 0 Å². The number of anilines is 1. The molecule has 0 saturated heterocycles. The van der Waals surface area contributed by atoms with Crippen molar-refractivity contribution < 1.29 is 4.74 Å². The zero-order chi connectivity index (χ0) is 23.6. The summed E-state index contributed by atoms with van der Waals surface area (Å²) in [7, 11) is 0. The van der Waals surface area contributed by atoms with Crippen molar-refractivity contribution in [1.82, 2.24) is 9.97 Å². The van der Waals surface area contributed by atoms with Gasteiger partial charge in [-0.3, -0.25) is 4.98 Å².